The largest absolute Gasteiger partial charge is 0.497 e. The average molecular weight is 781 g/mol. The van der Waals surface area contributed by atoms with Gasteiger partial charge in [0.15, 0.2) is 24.6 Å². The molecule has 0 saturated carbocycles. The third kappa shape index (κ3) is 10.8. The molecule has 56 heavy (non-hydrogen) atoms. The summed E-state index contributed by atoms with van der Waals surface area (Å²) in [4.78, 5) is 63.6. The first kappa shape index (κ1) is 41.6. The van der Waals surface area contributed by atoms with Crippen LogP contribution in [0.3, 0.4) is 0 Å². The predicted molar refractivity (Wildman–Crippen MR) is 191 cm³/mol. The minimum Gasteiger partial charge on any atom is -0.497 e. The summed E-state index contributed by atoms with van der Waals surface area (Å²) in [5, 5.41) is 11.4. The third-order valence-corrected chi connectivity index (χ3v) is 8.74. The number of carbonyl (C=O) groups excluding carboxylic acids is 5. The number of aliphatic hydroxyl groups excluding tert-OH is 1. The van der Waals surface area contributed by atoms with Crippen LogP contribution in [0.1, 0.15) is 52.6 Å². The summed E-state index contributed by atoms with van der Waals surface area (Å²) < 4.78 is 57.9. The summed E-state index contributed by atoms with van der Waals surface area (Å²) >= 11 is 0. The first-order valence-electron chi connectivity index (χ1n) is 17.7. The molecule has 0 amide bonds. The van der Waals surface area contributed by atoms with Crippen LogP contribution in [-0.4, -0.2) is 111 Å². The van der Waals surface area contributed by atoms with Crippen molar-refractivity contribution in [1.29, 1.82) is 0 Å². The number of ether oxygens (including phenoxy) is 10. The molecule has 16 heteroatoms. The molecule has 3 aromatic rings. The van der Waals surface area contributed by atoms with E-state index in [1.165, 1.54) is 7.11 Å². The summed E-state index contributed by atoms with van der Waals surface area (Å²) in [7, 11) is 1.50. The number of aliphatic hydroxyl groups is 1. The highest BCUT2D eigenvalue weighted by atomic mass is 16.8. The Kier molecular flexibility index (Phi) is 14.0. The van der Waals surface area contributed by atoms with Gasteiger partial charge in [-0.05, 0) is 62.4 Å². The normalized spacial score (nSPS) is 25.9. The molecule has 1 N–H and O–H groups in total. The van der Waals surface area contributed by atoms with E-state index in [0.29, 0.717) is 5.75 Å². The molecule has 0 bridgehead atoms. The van der Waals surface area contributed by atoms with Crippen LogP contribution in [0.25, 0.3) is 0 Å². The number of benzene rings is 3. The van der Waals surface area contributed by atoms with E-state index in [1.807, 2.05) is 13.8 Å². The van der Waals surface area contributed by atoms with Crippen LogP contribution in [0.5, 0.6) is 11.5 Å². The Morgan fingerprint density at radius 2 is 1.16 bits per heavy atom. The lowest BCUT2D eigenvalue weighted by atomic mass is 9.98. The van der Waals surface area contributed by atoms with Gasteiger partial charge in [-0.2, -0.15) is 0 Å². The Labute approximate surface area is 322 Å². The van der Waals surface area contributed by atoms with Gasteiger partial charge < -0.3 is 52.5 Å². The maximum Gasteiger partial charge on any atom is 0.338 e. The predicted octanol–water partition coefficient (Wildman–Crippen LogP) is 3.40. The van der Waals surface area contributed by atoms with Crippen molar-refractivity contribution in [2.75, 3.05) is 20.3 Å². The van der Waals surface area contributed by atoms with Crippen molar-refractivity contribution in [2.24, 2.45) is 0 Å². The molecule has 3 aromatic carbocycles. The molecule has 0 spiro atoms. The molecule has 5 rings (SSSR count). The lowest BCUT2D eigenvalue weighted by Gasteiger charge is -2.46. The summed E-state index contributed by atoms with van der Waals surface area (Å²) in [6, 6.07) is 19.6. The molecular formula is C40H44O16. The molecule has 0 unspecified atom stereocenters. The lowest BCUT2D eigenvalue weighted by molar-refractivity contribution is -0.339. The smallest absolute Gasteiger partial charge is 0.338 e. The van der Waals surface area contributed by atoms with E-state index in [1.54, 1.807) is 72.8 Å². The SMILES string of the molecule is COc1ccc(O[C@@H]2OC[C@@H](O[C@@H]3O[C@H](COC(C)=O)[C@H](OC(C)=O)[C@H](O)[C@H]3OC(C)=O)[C@H](OC(=O)c3ccc(C)cc3)[C@H]2OC(=O)c2ccc(C)cc2)cc1. The van der Waals surface area contributed by atoms with E-state index < -0.39 is 98.4 Å². The second-order valence-corrected chi connectivity index (χ2v) is 13.1. The van der Waals surface area contributed by atoms with E-state index in [4.69, 9.17) is 47.4 Å². The fourth-order valence-electron chi connectivity index (χ4n) is 5.94. The lowest BCUT2D eigenvalue weighted by Crippen LogP contribution is -2.65. The summed E-state index contributed by atoms with van der Waals surface area (Å²) in [6.07, 6.45) is -13.7. The van der Waals surface area contributed by atoms with Crippen LogP contribution in [0.15, 0.2) is 72.8 Å². The van der Waals surface area contributed by atoms with Gasteiger partial charge in [-0.1, -0.05) is 35.4 Å². The minimum absolute atomic E-state index is 0.157. The Balaban J connectivity index is 1.54. The zero-order valence-corrected chi connectivity index (χ0v) is 31.6. The summed E-state index contributed by atoms with van der Waals surface area (Å²) in [5.74, 6) is -3.17. The molecule has 300 valence electrons. The molecule has 2 heterocycles. The van der Waals surface area contributed by atoms with Crippen molar-refractivity contribution < 1.29 is 76.4 Å². The van der Waals surface area contributed by atoms with Gasteiger partial charge in [0.1, 0.15) is 36.4 Å². The van der Waals surface area contributed by atoms with Crippen LogP contribution in [0.4, 0.5) is 0 Å². The standard InChI is InChI=1S/C40H44O16/c1-21-7-11-26(12-8-21)37(45)55-34-31(54-40-35(51-25(5)43)32(44)33(50-24(4)42)30(53-40)19-48-23(3)41)20-49-39(52-29-17-15-28(47-6)16-18-29)36(34)56-38(46)27-13-9-22(2)10-14-27/h7-18,30-36,39-40,44H,19-20H2,1-6H3/t30-,31-,32+,33+,34+,35-,36-,39+,40+/m1/s1. The van der Waals surface area contributed by atoms with Crippen LogP contribution in [-0.2, 0) is 52.3 Å². The molecule has 0 radical (unpaired) electrons. The van der Waals surface area contributed by atoms with Gasteiger partial charge in [0, 0.05) is 20.8 Å². The molecule has 2 aliphatic rings. The maximum absolute atomic E-state index is 13.8. The number of hydrogen-bond donors (Lipinski definition) is 1. The molecule has 2 fully saturated rings. The fourth-order valence-corrected chi connectivity index (χ4v) is 5.94. The van der Waals surface area contributed by atoms with E-state index in [0.717, 1.165) is 31.9 Å². The Bertz CT molecular complexity index is 1820. The highest BCUT2D eigenvalue weighted by Crippen LogP contribution is 2.33. The minimum atomic E-state index is -1.76. The van der Waals surface area contributed by atoms with Crippen molar-refractivity contribution in [3.05, 3.63) is 95.1 Å². The number of aryl methyl sites for hydroxylation is 2. The zero-order chi connectivity index (χ0) is 40.5. The molecule has 9 atom stereocenters. The van der Waals surface area contributed by atoms with Gasteiger partial charge in [-0.3, -0.25) is 14.4 Å². The van der Waals surface area contributed by atoms with Gasteiger partial charge in [-0.25, -0.2) is 9.59 Å². The summed E-state index contributed by atoms with van der Waals surface area (Å²) in [5.41, 5.74) is 2.10. The number of hydrogen-bond acceptors (Lipinski definition) is 16. The number of rotatable bonds is 13. The van der Waals surface area contributed by atoms with Crippen molar-refractivity contribution in [3.8, 4) is 11.5 Å². The van der Waals surface area contributed by atoms with E-state index in [-0.39, 0.29) is 16.9 Å². The first-order valence-corrected chi connectivity index (χ1v) is 17.7. The highest BCUT2D eigenvalue weighted by molar-refractivity contribution is 5.90. The third-order valence-electron chi connectivity index (χ3n) is 8.74. The maximum atomic E-state index is 13.8. The molecule has 2 saturated heterocycles. The van der Waals surface area contributed by atoms with E-state index in [9.17, 15) is 29.1 Å². The quantitative estimate of drug-likeness (QED) is 0.195. The topological polar surface area (TPSA) is 198 Å². The van der Waals surface area contributed by atoms with Crippen molar-refractivity contribution >= 4 is 29.8 Å². The van der Waals surface area contributed by atoms with Crippen LogP contribution in [0.2, 0.25) is 0 Å². The second-order valence-electron chi connectivity index (χ2n) is 13.1. The highest BCUT2D eigenvalue weighted by Gasteiger charge is 2.54. The Hall–Kier alpha value is -5.55. The Morgan fingerprint density at radius 3 is 1.68 bits per heavy atom. The van der Waals surface area contributed by atoms with Gasteiger partial charge in [0.25, 0.3) is 0 Å². The number of methoxy groups -OCH3 is 1. The van der Waals surface area contributed by atoms with Crippen LogP contribution in [0, 0.1) is 13.8 Å². The molecule has 2 aliphatic heterocycles. The fraction of sp³-hybridized carbons (Fsp3) is 0.425. The second kappa shape index (κ2) is 18.9. The summed E-state index contributed by atoms with van der Waals surface area (Å²) in [6.45, 7) is 6.11. The van der Waals surface area contributed by atoms with E-state index >= 15 is 0 Å². The molecule has 16 nitrogen and oxygen atoms in total. The first-order chi connectivity index (χ1) is 26.7. The molecule has 0 aromatic heterocycles. The average Bonchev–Trinajstić information content (AvgIpc) is 3.16. The Morgan fingerprint density at radius 1 is 0.643 bits per heavy atom. The monoisotopic (exact) mass is 780 g/mol. The molecular weight excluding hydrogens is 736 g/mol. The van der Waals surface area contributed by atoms with Gasteiger partial charge in [0.05, 0.1) is 24.8 Å². The van der Waals surface area contributed by atoms with Crippen molar-refractivity contribution in [2.45, 2.75) is 89.9 Å². The van der Waals surface area contributed by atoms with E-state index in [2.05, 4.69) is 0 Å². The van der Waals surface area contributed by atoms with Gasteiger partial charge in [0.2, 0.25) is 12.4 Å². The van der Waals surface area contributed by atoms with Crippen molar-refractivity contribution in [3.63, 3.8) is 0 Å². The van der Waals surface area contributed by atoms with Gasteiger partial charge in [-0.15, -0.1) is 0 Å². The van der Waals surface area contributed by atoms with Crippen LogP contribution < -0.4 is 9.47 Å². The zero-order valence-electron chi connectivity index (χ0n) is 31.6. The number of carbonyl (C=O) groups is 5. The van der Waals surface area contributed by atoms with Crippen molar-refractivity contribution in [1.82, 2.24) is 0 Å². The molecule has 0 aliphatic carbocycles. The van der Waals surface area contributed by atoms with Gasteiger partial charge >= 0.3 is 29.8 Å². The number of esters is 5. The van der Waals surface area contributed by atoms with Crippen LogP contribution >= 0.6 is 0 Å².